The van der Waals surface area contributed by atoms with Crippen molar-refractivity contribution < 1.29 is 13.9 Å². The second-order valence-corrected chi connectivity index (χ2v) is 8.28. The van der Waals surface area contributed by atoms with Gasteiger partial charge in [-0.25, -0.2) is 9.07 Å². The zero-order chi connectivity index (χ0) is 21.1. The van der Waals surface area contributed by atoms with E-state index in [1.807, 2.05) is 43.5 Å². The SMILES string of the molecule is CCCOc1ccc(-c2nn(-c3ccccc3)cc2/C=C2\SC(=S)NC2=O)cc1F. The van der Waals surface area contributed by atoms with E-state index in [4.69, 9.17) is 17.0 Å². The topological polar surface area (TPSA) is 56.1 Å². The van der Waals surface area contributed by atoms with Crippen LogP contribution in [0.25, 0.3) is 23.0 Å². The third-order valence-electron chi connectivity index (χ3n) is 4.36. The first-order chi connectivity index (χ1) is 14.5. The van der Waals surface area contributed by atoms with E-state index in [1.165, 1.54) is 17.8 Å². The van der Waals surface area contributed by atoms with Crippen molar-refractivity contribution in [3.8, 4) is 22.7 Å². The smallest absolute Gasteiger partial charge is 0.263 e. The average molecular weight is 440 g/mol. The van der Waals surface area contributed by atoms with Crippen molar-refractivity contribution in [1.29, 1.82) is 0 Å². The Hall–Kier alpha value is -2.97. The number of thioether (sulfide) groups is 1. The molecule has 0 atom stereocenters. The van der Waals surface area contributed by atoms with Gasteiger partial charge < -0.3 is 10.1 Å². The van der Waals surface area contributed by atoms with Crippen LogP contribution in [-0.4, -0.2) is 26.6 Å². The number of benzene rings is 2. The zero-order valence-electron chi connectivity index (χ0n) is 16.1. The Bertz CT molecular complexity index is 1140. The molecule has 30 heavy (non-hydrogen) atoms. The third kappa shape index (κ3) is 4.29. The lowest BCUT2D eigenvalue weighted by atomic mass is 10.1. The molecule has 0 bridgehead atoms. The van der Waals surface area contributed by atoms with E-state index in [2.05, 4.69) is 10.4 Å². The maximum absolute atomic E-state index is 14.6. The maximum atomic E-state index is 14.6. The number of rotatable bonds is 6. The molecule has 0 radical (unpaired) electrons. The normalized spacial score (nSPS) is 14.9. The van der Waals surface area contributed by atoms with E-state index < -0.39 is 5.82 Å². The molecule has 2 aromatic carbocycles. The second-order valence-electron chi connectivity index (χ2n) is 6.56. The maximum Gasteiger partial charge on any atom is 0.263 e. The molecule has 1 aromatic heterocycles. The van der Waals surface area contributed by atoms with Crippen LogP contribution in [0.15, 0.2) is 59.6 Å². The van der Waals surface area contributed by atoms with Gasteiger partial charge in [0.05, 0.1) is 17.2 Å². The van der Waals surface area contributed by atoms with Gasteiger partial charge in [0.15, 0.2) is 11.6 Å². The predicted molar refractivity (Wildman–Crippen MR) is 121 cm³/mol. The number of thiocarbonyl (C=S) groups is 1. The van der Waals surface area contributed by atoms with Gasteiger partial charge in [-0.2, -0.15) is 5.10 Å². The quantitative estimate of drug-likeness (QED) is 0.435. The fourth-order valence-electron chi connectivity index (χ4n) is 2.97. The number of carbonyl (C=O) groups excluding carboxylic acids is 1. The van der Waals surface area contributed by atoms with Crippen molar-refractivity contribution in [2.75, 3.05) is 6.61 Å². The number of aromatic nitrogens is 2. The number of amides is 1. The molecule has 4 rings (SSSR count). The number of para-hydroxylation sites is 1. The lowest BCUT2D eigenvalue weighted by Crippen LogP contribution is -2.17. The molecule has 5 nitrogen and oxygen atoms in total. The van der Waals surface area contributed by atoms with Crippen LogP contribution in [0.1, 0.15) is 18.9 Å². The van der Waals surface area contributed by atoms with Crippen LogP contribution in [0.3, 0.4) is 0 Å². The van der Waals surface area contributed by atoms with Crippen LogP contribution in [-0.2, 0) is 4.79 Å². The average Bonchev–Trinajstić information content (AvgIpc) is 3.30. The molecular weight excluding hydrogens is 421 g/mol. The summed E-state index contributed by atoms with van der Waals surface area (Å²) in [5, 5.41) is 7.26. The minimum absolute atomic E-state index is 0.207. The van der Waals surface area contributed by atoms with Crippen LogP contribution < -0.4 is 10.1 Å². The van der Waals surface area contributed by atoms with E-state index in [9.17, 15) is 9.18 Å². The molecule has 2 heterocycles. The van der Waals surface area contributed by atoms with Gasteiger partial charge in [-0.05, 0) is 42.8 Å². The van der Waals surface area contributed by atoms with Crippen molar-refractivity contribution in [3.05, 3.63) is 71.0 Å². The number of halogens is 1. The molecule has 152 valence electrons. The van der Waals surface area contributed by atoms with Crippen LogP contribution in [0.5, 0.6) is 5.75 Å². The Morgan fingerprint density at radius 2 is 2.07 bits per heavy atom. The summed E-state index contributed by atoms with van der Waals surface area (Å²) in [6, 6.07) is 14.3. The Morgan fingerprint density at radius 1 is 1.27 bits per heavy atom. The minimum Gasteiger partial charge on any atom is -0.491 e. The van der Waals surface area contributed by atoms with Gasteiger partial charge in [-0.15, -0.1) is 0 Å². The summed E-state index contributed by atoms with van der Waals surface area (Å²) in [6.45, 7) is 2.41. The first-order valence-corrected chi connectivity index (χ1v) is 10.6. The summed E-state index contributed by atoms with van der Waals surface area (Å²) >= 11 is 6.26. The monoisotopic (exact) mass is 439 g/mol. The van der Waals surface area contributed by atoms with Crippen molar-refractivity contribution in [3.63, 3.8) is 0 Å². The first-order valence-electron chi connectivity index (χ1n) is 9.38. The summed E-state index contributed by atoms with van der Waals surface area (Å²) < 4.78 is 22.1. The molecule has 0 unspecified atom stereocenters. The van der Waals surface area contributed by atoms with Crippen molar-refractivity contribution in [2.24, 2.45) is 0 Å². The number of ether oxygens (including phenoxy) is 1. The lowest BCUT2D eigenvalue weighted by molar-refractivity contribution is -0.115. The number of carbonyl (C=O) groups is 1. The van der Waals surface area contributed by atoms with Gasteiger partial charge >= 0.3 is 0 Å². The molecule has 0 aliphatic carbocycles. The van der Waals surface area contributed by atoms with Crippen LogP contribution in [0, 0.1) is 5.82 Å². The molecule has 1 N–H and O–H groups in total. The minimum atomic E-state index is -0.456. The highest BCUT2D eigenvalue weighted by molar-refractivity contribution is 8.26. The standard InChI is InChI=1S/C22H18FN3O2S2/c1-2-10-28-18-9-8-14(11-17(18)23)20-15(12-19-21(27)24-22(29)30-19)13-26(25-20)16-6-4-3-5-7-16/h3-9,11-13H,2,10H2,1H3,(H,24,27,29)/b19-12-. The van der Waals surface area contributed by atoms with Gasteiger partial charge in [0.2, 0.25) is 0 Å². The summed E-state index contributed by atoms with van der Waals surface area (Å²) in [4.78, 5) is 12.6. The Labute approximate surface area is 182 Å². The van der Waals surface area contributed by atoms with E-state index in [1.54, 1.807) is 22.9 Å². The fraction of sp³-hybridized carbons (Fsp3) is 0.136. The van der Waals surface area contributed by atoms with E-state index in [0.29, 0.717) is 32.7 Å². The predicted octanol–water partition coefficient (Wildman–Crippen LogP) is 4.96. The van der Waals surface area contributed by atoms with Crippen molar-refractivity contribution in [1.82, 2.24) is 15.1 Å². The highest BCUT2D eigenvalue weighted by atomic mass is 32.2. The molecule has 0 spiro atoms. The Kier molecular flexibility index (Phi) is 5.96. The highest BCUT2D eigenvalue weighted by Gasteiger charge is 2.23. The summed E-state index contributed by atoms with van der Waals surface area (Å²) in [7, 11) is 0. The molecule has 1 amide bonds. The van der Waals surface area contributed by atoms with Gasteiger partial charge in [-0.3, -0.25) is 4.79 Å². The molecule has 1 aliphatic heterocycles. The largest absolute Gasteiger partial charge is 0.491 e. The van der Waals surface area contributed by atoms with Crippen molar-refractivity contribution >= 4 is 40.3 Å². The zero-order valence-corrected chi connectivity index (χ0v) is 17.7. The highest BCUT2D eigenvalue weighted by Crippen LogP contribution is 2.32. The molecule has 8 heteroatoms. The Morgan fingerprint density at radius 3 is 2.73 bits per heavy atom. The number of hydrogen-bond donors (Lipinski definition) is 1. The van der Waals surface area contributed by atoms with Gasteiger partial charge in [-0.1, -0.05) is 49.1 Å². The second kappa shape index (κ2) is 8.81. The lowest BCUT2D eigenvalue weighted by Gasteiger charge is -2.07. The Balaban J connectivity index is 1.79. The van der Waals surface area contributed by atoms with E-state index >= 15 is 0 Å². The fourth-order valence-corrected chi connectivity index (χ4v) is 4.00. The number of nitrogens with zero attached hydrogens (tertiary/aromatic N) is 2. The van der Waals surface area contributed by atoms with Crippen LogP contribution in [0.2, 0.25) is 0 Å². The van der Waals surface area contributed by atoms with E-state index in [-0.39, 0.29) is 11.7 Å². The van der Waals surface area contributed by atoms with Gasteiger partial charge in [0, 0.05) is 17.3 Å². The summed E-state index contributed by atoms with van der Waals surface area (Å²) in [5.74, 6) is -0.500. The third-order valence-corrected chi connectivity index (χ3v) is 5.52. The van der Waals surface area contributed by atoms with Crippen LogP contribution >= 0.6 is 24.0 Å². The summed E-state index contributed by atoms with van der Waals surface area (Å²) in [5.41, 5.74) is 2.68. The van der Waals surface area contributed by atoms with Gasteiger partial charge in [0.25, 0.3) is 5.91 Å². The molecular formula is C22H18FN3O2S2. The molecule has 3 aromatic rings. The summed E-state index contributed by atoms with van der Waals surface area (Å²) in [6.07, 6.45) is 4.33. The first kappa shape index (κ1) is 20.3. The molecule has 1 fully saturated rings. The molecule has 0 saturated carbocycles. The molecule has 1 aliphatic rings. The van der Waals surface area contributed by atoms with Gasteiger partial charge in [0.1, 0.15) is 10.0 Å². The molecule has 1 saturated heterocycles. The number of nitrogens with one attached hydrogen (secondary N) is 1. The van der Waals surface area contributed by atoms with E-state index in [0.717, 1.165) is 12.1 Å². The van der Waals surface area contributed by atoms with Crippen LogP contribution in [0.4, 0.5) is 4.39 Å². The number of hydrogen-bond acceptors (Lipinski definition) is 5. The van der Waals surface area contributed by atoms with Crippen molar-refractivity contribution in [2.45, 2.75) is 13.3 Å².